The number of rotatable bonds is 17. The van der Waals surface area contributed by atoms with E-state index < -0.39 is 27.6 Å². The number of amides is 2. The number of nitrogens with zero attached hydrogens (tertiary/aromatic N) is 8. The Kier molecular flexibility index (Phi) is 15.3. The quantitative estimate of drug-likeness (QED) is 0.0569. The first-order valence-electron chi connectivity index (χ1n) is 23.2. The number of ether oxygens (including phenoxy) is 2. The zero-order valence-corrected chi connectivity index (χ0v) is 41.6. The standard InChI is InChI=1S/C49H58Cl2N10O7S/c1-49(2,35-27-39(51)45(67-26-20-50)40(28-35)52-3)34-9-11-38(12-10-34)68-31-36-15-21-53-47(54-36)56-69(65,66)60-24-16-32(17-25-60)29-57(4)37-18-22-59(23-19-37)30-33-7-6-8-41-44(33)58(5)48(64)61(41)42-13-14-43(62)55-46(42)63/h6-12,15,21,27-28,32,37,42H,13-14,16-20,22-26,29-31H2,1-2,4-5H3,(H,53,54,56)(H,55,62,63). The van der Waals surface area contributed by atoms with Crippen molar-refractivity contribution in [1.82, 2.24) is 38.5 Å². The van der Waals surface area contributed by atoms with Gasteiger partial charge in [0.2, 0.25) is 23.5 Å². The lowest BCUT2D eigenvalue weighted by atomic mass is 9.78. The van der Waals surface area contributed by atoms with Gasteiger partial charge in [0.15, 0.2) is 0 Å². The molecule has 20 heteroatoms. The number of nitrogens with one attached hydrogen (secondary N) is 2. The molecule has 8 rings (SSSR count). The van der Waals surface area contributed by atoms with E-state index in [1.54, 1.807) is 23.7 Å². The number of benzene rings is 3. The normalized spacial score (nSPS) is 18.1. The van der Waals surface area contributed by atoms with Crippen molar-refractivity contribution in [1.29, 1.82) is 0 Å². The molecule has 2 aromatic heterocycles. The molecule has 17 nitrogen and oxygen atoms in total. The number of anilines is 1. The lowest BCUT2D eigenvalue weighted by Crippen LogP contribution is -2.47. The molecular formula is C49H58Cl2N10O7S. The van der Waals surface area contributed by atoms with Crippen LogP contribution in [0.3, 0.4) is 0 Å². The summed E-state index contributed by atoms with van der Waals surface area (Å²) in [4.78, 5) is 55.0. The number of imide groups is 1. The number of hydrogen-bond donors (Lipinski definition) is 2. The van der Waals surface area contributed by atoms with E-state index in [4.69, 9.17) is 39.2 Å². The maximum Gasteiger partial charge on any atom is 0.329 e. The number of aryl methyl sites for hydroxylation is 1. The van der Waals surface area contributed by atoms with Crippen molar-refractivity contribution in [2.75, 3.05) is 57.0 Å². The first-order valence-corrected chi connectivity index (χ1v) is 25.6. The minimum Gasteiger partial charge on any atom is -0.502 e. The highest BCUT2D eigenvalue weighted by Crippen LogP contribution is 2.42. The number of halogens is 2. The monoisotopic (exact) mass is 1000 g/mol. The highest BCUT2D eigenvalue weighted by atomic mass is 35.5. The molecule has 2 amide bonds. The molecule has 3 aliphatic rings. The lowest BCUT2D eigenvalue weighted by molar-refractivity contribution is -0.135. The van der Waals surface area contributed by atoms with Gasteiger partial charge in [0, 0.05) is 57.3 Å². The number of para-hydroxylation sites is 1. The van der Waals surface area contributed by atoms with Crippen molar-refractivity contribution in [2.24, 2.45) is 13.0 Å². The molecule has 3 aliphatic heterocycles. The van der Waals surface area contributed by atoms with Crippen LogP contribution in [0.2, 0.25) is 5.02 Å². The largest absolute Gasteiger partial charge is 0.502 e. The van der Waals surface area contributed by atoms with Gasteiger partial charge in [0.25, 0.3) is 0 Å². The Morgan fingerprint density at radius 2 is 1.71 bits per heavy atom. The number of carbonyl (C=O) groups excluding carboxylic acids is 2. The third-order valence-corrected chi connectivity index (χ3v) is 15.7. The van der Waals surface area contributed by atoms with E-state index in [1.807, 2.05) is 62.4 Å². The second kappa shape index (κ2) is 21.2. The minimum atomic E-state index is -3.90. The molecule has 3 aromatic carbocycles. The summed E-state index contributed by atoms with van der Waals surface area (Å²) >= 11 is 12.3. The van der Waals surface area contributed by atoms with Crippen molar-refractivity contribution in [3.05, 3.63) is 116 Å². The smallest absolute Gasteiger partial charge is 0.329 e. The third kappa shape index (κ3) is 11.1. The Bertz CT molecular complexity index is 2900. The van der Waals surface area contributed by atoms with Gasteiger partial charge in [-0.05, 0) is 111 Å². The van der Waals surface area contributed by atoms with Crippen LogP contribution < -0.4 is 25.2 Å². The molecule has 5 aromatic rings. The van der Waals surface area contributed by atoms with Gasteiger partial charge in [0.05, 0.1) is 40.8 Å². The van der Waals surface area contributed by atoms with Crippen LogP contribution in [0.4, 0.5) is 11.6 Å². The molecule has 1 unspecified atom stereocenters. The number of alkyl halides is 1. The fourth-order valence-corrected chi connectivity index (χ4v) is 11.3. The molecule has 0 radical (unpaired) electrons. The van der Waals surface area contributed by atoms with E-state index in [2.05, 4.69) is 41.7 Å². The van der Waals surface area contributed by atoms with Gasteiger partial charge in [-0.3, -0.25) is 28.9 Å². The third-order valence-electron chi connectivity index (χ3n) is 13.8. The van der Waals surface area contributed by atoms with Crippen LogP contribution >= 0.6 is 23.2 Å². The van der Waals surface area contributed by atoms with Crippen molar-refractivity contribution < 1.29 is 27.5 Å². The van der Waals surface area contributed by atoms with Gasteiger partial charge in [-0.25, -0.2) is 24.3 Å². The Balaban J connectivity index is 0.788. The highest BCUT2D eigenvalue weighted by Gasteiger charge is 2.34. The summed E-state index contributed by atoms with van der Waals surface area (Å²) in [5.74, 6) is 0.775. The van der Waals surface area contributed by atoms with E-state index in [-0.39, 0.29) is 43.1 Å². The van der Waals surface area contributed by atoms with Gasteiger partial charge in [-0.15, -0.1) is 11.6 Å². The number of likely N-dealkylation sites (tertiary alicyclic amines) is 1. The molecule has 5 heterocycles. The van der Waals surface area contributed by atoms with Crippen molar-refractivity contribution >= 4 is 67.9 Å². The summed E-state index contributed by atoms with van der Waals surface area (Å²) < 4.78 is 45.9. The topological polar surface area (TPSA) is 178 Å². The SMILES string of the molecule is [C-]#[N+]c1cc(C(C)(C)c2ccc(OCc3ccnc(NS(=O)(=O)N4CCC(CN(C)C5CCN(Cc6cccc7c6n(C)c(=O)n7C6CCC(=O)NC6=O)CC5)CC4)n3)cc2)cc(Cl)c1OCCCl. The Morgan fingerprint density at radius 3 is 2.41 bits per heavy atom. The molecule has 0 bridgehead atoms. The summed E-state index contributed by atoms with van der Waals surface area (Å²) in [5.41, 5.74) is 4.41. The fraction of sp³-hybridized carbons (Fsp3) is 0.469. The first-order chi connectivity index (χ1) is 33.1. The molecule has 69 heavy (non-hydrogen) atoms. The van der Waals surface area contributed by atoms with Crippen molar-refractivity contribution in [3.8, 4) is 11.5 Å². The average Bonchev–Trinajstić information content (AvgIpc) is 3.59. The number of fused-ring (bicyclic) bond motifs is 1. The van der Waals surface area contributed by atoms with E-state index in [9.17, 15) is 22.8 Å². The van der Waals surface area contributed by atoms with Crippen LogP contribution in [0.25, 0.3) is 15.9 Å². The van der Waals surface area contributed by atoms with E-state index >= 15 is 0 Å². The maximum atomic E-state index is 13.5. The summed E-state index contributed by atoms with van der Waals surface area (Å²) in [6.07, 6.45) is 5.44. The first kappa shape index (κ1) is 49.9. The predicted octanol–water partition coefficient (Wildman–Crippen LogP) is 6.80. The van der Waals surface area contributed by atoms with Crippen LogP contribution in [0.5, 0.6) is 11.5 Å². The number of imidazole rings is 1. The van der Waals surface area contributed by atoms with Crippen LogP contribution in [0.15, 0.2) is 71.7 Å². The van der Waals surface area contributed by atoms with Crippen molar-refractivity contribution in [3.63, 3.8) is 0 Å². The number of hydrogen-bond acceptors (Lipinski definition) is 11. The molecule has 366 valence electrons. The molecule has 3 fully saturated rings. The lowest BCUT2D eigenvalue weighted by Gasteiger charge is -2.39. The maximum absolute atomic E-state index is 13.5. The molecule has 3 saturated heterocycles. The van der Waals surface area contributed by atoms with Crippen LogP contribution in [0.1, 0.15) is 80.8 Å². The summed E-state index contributed by atoms with van der Waals surface area (Å²) in [7, 11) is 0.00161. The molecular weight excluding hydrogens is 944 g/mol. The van der Waals surface area contributed by atoms with Gasteiger partial charge in [-0.1, -0.05) is 49.7 Å². The van der Waals surface area contributed by atoms with E-state index in [1.165, 1.54) is 15.1 Å². The second-order valence-corrected chi connectivity index (χ2v) is 21.1. The predicted molar refractivity (Wildman–Crippen MR) is 265 cm³/mol. The molecule has 0 saturated carbocycles. The van der Waals surface area contributed by atoms with Gasteiger partial charge in [0.1, 0.15) is 24.1 Å². The van der Waals surface area contributed by atoms with Gasteiger partial charge < -0.3 is 14.4 Å². The summed E-state index contributed by atoms with van der Waals surface area (Å²) in [5, 5.41) is 2.73. The molecule has 2 N–H and O–H groups in total. The molecule has 0 spiro atoms. The average molecular weight is 1000 g/mol. The Labute approximate surface area is 412 Å². The Morgan fingerprint density at radius 1 is 0.971 bits per heavy atom. The number of piperidine rings is 3. The van der Waals surface area contributed by atoms with Crippen LogP contribution in [-0.4, -0.2) is 112 Å². The van der Waals surface area contributed by atoms with Crippen LogP contribution in [-0.2, 0) is 45.4 Å². The number of carbonyl (C=O) groups is 2. The molecule has 1 atom stereocenters. The van der Waals surface area contributed by atoms with Crippen molar-refractivity contribution in [2.45, 2.75) is 83.0 Å². The van der Waals surface area contributed by atoms with E-state index in [0.29, 0.717) is 71.4 Å². The van der Waals surface area contributed by atoms with Gasteiger partial charge >= 0.3 is 15.9 Å². The fourth-order valence-electron chi connectivity index (χ4n) is 9.83. The number of aromatic nitrogens is 4. The van der Waals surface area contributed by atoms with Gasteiger partial charge in [-0.2, -0.15) is 12.7 Å². The van der Waals surface area contributed by atoms with Crippen LogP contribution in [0, 0.1) is 12.5 Å². The van der Waals surface area contributed by atoms with E-state index in [0.717, 1.165) is 67.5 Å². The summed E-state index contributed by atoms with van der Waals surface area (Å²) in [6.45, 7) is 16.2. The highest BCUT2D eigenvalue weighted by molar-refractivity contribution is 7.90. The zero-order valence-electron chi connectivity index (χ0n) is 39.3. The second-order valence-electron chi connectivity index (χ2n) is 18.6. The summed E-state index contributed by atoms with van der Waals surface area (Å²) in [6, 6.07) is 18.4. The minimum absolute atomic E-state index is 0.0238. The zero-order chi connectivity index (χ0) is 49.0. The Hall–Kier alpha value is -5.55. The molecule has 0 aliphatic carbocycles.